The number of carbonyl (C=O) groups is 2. The lowest BCUT2D eigenvalue weighted by atomic mass is 9.90. The number of rotatable bonds is 5. The van der Waals surface area contributed by atoms with Crippen LogP contribution in [0.3, 0.4) is 0 Å². The maximum Gasteiger partial charge on any atom is 0.338 e. The topological polar surface area (TPSA) is 108 Å². The highest BCUT2D eigenvalue weighted by molar-refractivity contribution is 7.20. The number of benzene rings is 2. The van der Waals surface area contributed by atoms with E-state index in [1.807, 2.05) is 32.0 Å². The second kappa shape index (κ2) is 9.20. The number of nitrogens with zero attached hydrogens (tertiary/aromatic N) is 2. The molecule has 0 bridgehead atoms. The van der Waals surface area contributed by atoms with E-state index in [1.165, 1.54) is 16.9 Å². The molecular formula is C27H22N4O3S. The molecule has 0 saturated heterocycles. The van der Waals surface area contributed by atoms with Crippen LogP contribution in [0.4, 0.5) is 5.00 Å². The highest BCUT2D eigenvalue weighted by Gasteiger charge is 2.25. The Morgan fingerprint density at radius 2 is 1.91 bits per heavy atom. The van der Waals surface area contributed by atoms with Crippen LogP contribution in [0.1, 0.15) is 38.4 Å². The molecule has 0 spiro atoms. The van der Waals surface area contributed by atoms with E-state index >= 15 is 0 Å². The first-order valence-electron chi connectivity index (χ1n) is 11.2. The number of nitrogens with one attached hydrogen (secondary N) is 2. The van der Waals surface area contributed by atoms with Gasteiger partial charge in [0, 0.05) is 16.1 Å². The molecule has 1 amide bonds. The molecule has 0 aliphatic heterocycles. The van der Waals surface area contributed by atoms with Crippen LogP contribution in [-0.2, 0) is 22.4 Å². The van der Waals surface area contributed by atoms with Gasteiger partial charge in [-0.2, -0.15) is 5.26 Å². The molecule has 1 aliphatic rings. The van der Waals surface area contributed by atoms with Crippen molar-refractivity contribution in [3.8, 4) is 27.9 Å². The van der Waals surface area contributed by atoms with E-state index in [4.69, 9.17) is 4.74 Å². The maximum atomic E-state index is 12.5. The van der Waals surface area contributed by atoms with Crippen molar-refractivity contribution in [1.29, 1.82) is 5.26 Å². The summed E-state index contributed by atoms with van der Waals surface area (Å²) < 4.78 is 5.21. The van der Waals surface area contributed by atoms with Crippen molar-refractivity contribution >= 4 is 28.2 Å². The fraction of sp³-hybridized carbons (Fsp3) is 0.185. The number of esters is 1. The lowest BCUT2D eigenvalue weighted by Gasteiger charge is -2.15. The van der Waals surface area contributed by atoms with E-state index in [1.54, 1.807) is 24.3 Å². The lowest BCUT2D eigenvalue weighted by molar-refractivity contribution is -0.119. The number of thiophene rings is 1. The molecule has 174 valence electrons. The average Bonchev–Trinajstić information content (AvgIpc) is 3.41. The Morgan fingerprint density at radius 1 is 1.14 bits per heavy atom. The fourth-order valence-electron chi connectivity index (χ4n) is 4.17. The molecule has 4 aromatic rings. The first-order valence-corrected chi connectivity index (χ1v) is 12.0. The summed E-state index contributed by atoms with van der Waals surface area (Å²) in [5, 5.41) is 13.0. The predicted molar refractivity (Wildman–Crippen MR) is 134 cm³/mol. The Labute approximate surface area is 206 Å². The van der Waals surface area contributed by atoms with E-state index in [2.05, 4.69) is 27.4 Å². The number of ether oxygens (including phenoxy) is 1. The molecular weight excluding hydrogens is 460 g/mol. The Hall–Kier alpha value is -4.22. The van der Waals surface area contributed by atoms with Crippen molar-refractivity contribution in [3.05, 3.63) is 82.2 Å². The van der Waals surface area contributed by atoms with Gasteiger partial charge in [0.2, 0.25) is 0 Å². The van der Waals surface area contributed by atoms with Gasteiger partial charge >= 0.3 is 5.97 Å². The smallest absolute Gasteiger partial charge is 0.338 e. The monoisotopic (exact) mass is 482 g/mol. The number of fused-ring (bicyclic) bond motifs is 3. The third kappa shape index (κ3) is 4.34. The fourth-order valence-corrected chi connectivity index (χ4v) is 5.45. The molecule has 7 nitrogen and oxygen atoms in total. The van der Waals surface area contributed by atoms with Crippen LogP contribution < -0.4 is 5.32 Å². The van der Waals surface area contributed by atoms with E-state index in [-0.39, 0.29) is 0 Å². The molecule has 0 radical (unpaired) electrons. The first-order chi connectivity index (χ1) is 16.9. The molecule has 35 heavy (non-hydrogen) atoms. The van der Waals surface area contributed by atoms with Crippen LogP contribution in [0.15, 0.2) is 48.5 Å². The average molecular weight is 483 g/mol. The third-order valence-corrected chi connectivity index (χ3v) is 7.32. The van der Waals surface area contributed by atoms with Crippen LogP contribution >= 0.6 is 11.3 Å². The number of anilines is 1. The van der Waals surface area contributed by atoms with Gasteiger partial charge < -0.3 is 15.0 Å². The van der Waals surface area contributed by atoms with Crippen LogP contribution in [0, 0.1) is 25.2 Å². The number of imidazole rings is 1. The van der Waals surface area contributed by atoms with Crippen molar-refractivity contribution in [3.63, 3.8) is 0 Å². The first kappa shape index (κ1) is 22.6. The zero-order chi connectivity index (χ0) is 24.5. The maximum absolute atomic E-state index is 12.5. The number of nitriles is 1. The third-order valence-electron chi connectivity index (χ3n) is 6.13. The Kier molecular flexibility index (Phi) is 5.93. The van der Waals surface area contributed by atoms with Gasteiger partial charge in [0.1, 0.15) is 16.9 Å². The zero-order valence-electron chi connectivity index (χ0n) is 19.3. The van der Waals surface area contributed by atoms with Crippen molar-refractivity contribution in [2.75, 3.05) is 11.9 Å². The molecule has 5 rings (SSSR count). The van der Waals surface area contributed by atoms with Crippen LogP contribution in [0.2, 0.25) is 0 Å². The molecule has 2 aromatic heterocycles. The molecule has 0 fully saturated rings. The van der Waals surface area contributed by atoms with E-state index in [0.29, 0.717) is 16.1 Å². The highest BCUT2D eigenvalue weighted by atomic mass is 32.1. The summed E-state index contributed by atoms with van der Waals surface area (Å²) >= 11 is 1.39. The number of aromatic amines is 1. The second-order valence-electron chi connectivity index (χ2n) is 8.38. The number of hydrogen-bond acceptors (Lipinski definition) is 6. The zero-order valence-corrected chi connectivity index (χ0v) is 20.1. The quantitative estimate of drug-likeness (QED) is 0.381. The molecule has 2 N–H and O–H groups in total. The van der Waals surface area contributed by atoms with Crippen LogP contribution in [0.25, 0.3) is 21.8 Å². The van der Waals surface area contributed by atoms with Crippen molar-refractivity contribution in [2.45, 2.75) is 26.7 Å². The van der Waals surface area contributed by atoms with E-state index < -0.39 is 18.5 Å². The van der Waals surface area contributed by atoms with Gasteiger partial charge in [0.05, 0.1) is 16.8 Å². The minimum Gasteiger partial charge on any atom is -0.452 e. The number of amides is 1. The summed E-state index contributed by atoms with van der Waals surface area (Å²) in [6.07, 6.45) is 1.61. The molecule has 2 aromatic carbocycles. The van der Waals surface area contributed by atoms with Crippen LogP contribution in [0.5, 0.6) is 0 Å². The number of H-pyrrole nitrogens is 1. The Morgan fingerprint density at radius 3 is 2.63 bits per heavy atom. The van der Waals surface area contributed by atoms with E-state index in [9.17, 15) is 14.9 Å². The van der Waals surface area contributed by atoms with Gasteiger partial charge in [-0.1, -0.05) is 36.4 Å². The lowest BCUT2D eigenvalue weighted by Crippen LogP contribution is -2.20. The van der Waals surface area contributed by atoms with E-state index in [0.717, 1.165) is 51.6 Å². The molecule has 1 aliphatic carbocycles. The minimum absolute atomic E-state index is 0.336. The van der Waals surface area contributed by atoms with Gasteiger partial charge in [0.15, 0.2) is 6.61 Å². The number of aryl methyl sites for hydroxylation is 3. The van der Waals surface area contributed by atoms with Crippen molar-refractivity contribution < 1.29 is 14.3 Å². The van der Waals surface area contributed by atoms with Crippen LogP contribution in [-0.4, -0.2) is 28.5 Å². The van der Waals surface area contributed by atoms with Gasteiger partial charge in [-0.25, -0.2) is 9.78 Å². The molecule has 8 heteroatoms. The van der Waals surface area contributed by atoms with Gasteiger partial charge in [-0.3, -0.25) is 4.79 Å². The molecule has 0 atom stereocenters. The highest BCUT2D eigenvalue weighted by Crippen LogP contribution is 2.44. The summed E-state index contributed by atoms with van der Waals surface area (Å²) in [6.45, 7) is 3.43. The second-order valence-corrected chi connectivity index (χ2v) is 9.40. The SMILES string of the molecule is Cc1nc(-c2ccc(C(=O)OCC(=O)Nc3sc4c(c3C#N)CCc3ccccc3-4)cc2)[nH]c1C. The Bertz CT molecular complexity index is 1470. The minimum atomic E-state index is -0.599. The van der Waals surface area contributed by atoms with Crippen molar-refractivity contribution in [2.24, 2.45) is 0 Å². The number of aromatic nitrogens is 2. The Balaban J connectivity index is 1.24. The molecule has 2 heterocycles. The summed E-state index contributed by atoms with van der Waals surface area (Å²) in [5.74, 6) is -0.354. The van der Waals surface area contributed by atoms with Crippen molar-refractivity contribution in [1.82, 2.24) is 9.97 Å². The standard InChI is InChI=1S/C27H22N4O3S/c1-15-16(2)30-25(29-15)18-7-9-19(10-8-18)27(33)34-14-23(32)31-26-22(13-28)21-12-11-17-5-3-4-6-20(17)24(21)35-26/h3-10H,11-12,14H2,1-2H3,(H,29,30)(H,31,32). The van der Waals surface area contributed by atoms with Gasteiger partial charge in [0.25, 0.3) is 5.91 Å². The normalized spacial score (nSPS) is 11.8. The predicted octanol–water partition coefficient (Wildman–Crippen LogP) is 5.19. The molecule has 0 unspecified atom stereocenters. The number of carbonyl (C=O) groups excluding carboxylic acids is 2. The summed E-state index contributed by atoms with van der Waals surface area (Å²) in [5.41, 5.74) is 6.88. The largest absolute Gasteiger partial charge is 0.452 e. The number of hydrogen-bond donors (Lipinski definition) is 2. The van der Waals surface area contributed by atoms with Gasteiger partial charge in [-0.05, 0) is 55.5 Å². The molecule has 0 saturated carbocycles. The van der Waals surface area contributed by atoms with Gasteiger partial charge in [-0.15, -0.1) is 11.3 Å². The summed E-state index contributed by atoms with van der Waals surface area (Å²) in [7, 11) is 0. The summed E-state index contributed by atoms with van der Waals surface area (Å²) in [4.78, 5) is 33.7. The summed E-state index contributed by atoms with van der Waals surface area (Å²) in [6, 6.07) is 17.2.